The van der Waals surface area contributed by atoms with E-state index in [9.17, 15) is 0 Å². The van der Waals surface area contributed by atoms with E-state index in [-0.39, 0.29) is 0 Å². The lowest BCUT2D eigenvalue weighted by Gasteiger charge is -1.91. The Bertz CT molecular complexity index is 283. The number of thiol groups is 1. The SMILES string of the molecule is SC#Cc1ccccc1Br. The first-order valence-corrected chi connectivity index (χ1v) is 3.98. The standard InChI is InChI=1S/C8H5BrS/c9-8-4-2-1-3-7(8)5-6-10/h1-4,10H. The van der Waals surface area contributed by atoms with E-state index in [1.165, 1.54) is 0 Å². The number of hydrogen-bond acceptors (Lipinski definition) is 1. The third kappa shape index (κ3) is 1.80. The molecule has 0 spiro atoms. The van der Waals surface area contributed by atoms with Crippen molar-refractivity contribution in [2.45, 2.75) is 0 Å². The summed E-state index contributed by atoms with van der Waals surface area (Å²) in [4.78, 5) is 0. The van der Waals surface area contributed by atoms with Crippen LogP contribution in [0.3, 0.4) is 0 Å². The van der Waals surface area contributed by atoms with Crippen LogP contribution in [-0.4, -0.2) is 0 Å². The second-order valence-corrected chi connectivity index (χ2v) is 2.79. The molecule has 0 unspecified atom stereocenters. The summed E-state index contributed by atoms with van der Waals surface area (Å²) in [7, 11) is 0. The van der Waals surface area contributed by atoms with E-state index in [1.54, 1.807) is 0 Å². The molecule has 0 saturated carbocycles. The quantitative estimate of drug-likeness (QED) is 0.497. The summed E-state index contributed by atoms with van der Waals surface area (Å²) >= 11 is 7.16. The molecule has 2 heteroatoms. The van der Waals surface area contributed by atoms with Crippen LogP contribution in [0.2, 0.25) is 0 Å². The monoisotopic (exact) mass is 212 g/mol. The van der Waals surface area contributed by atoms with Crippen molar-refractivity contribution in [1.29, 1.82) is 0 Å². The van der Waals surface area contributed by atoms with Crippen LogP contribution in [0, 0.1) is 11.2 Å². The van der Waals surface area contributed by atoms with Gasteiger partial charge in [0, 0.05) is 10.0 Å². The molecule has 0 aliphatic heterocycles. The molecule has 0 nitrogen and oxygen atoms in total. The van der Waals surface area contributed by atoms with Gasteiger partial charge >= 0.3 is 0 Å². The number of halogens is 1. The molecule has 0 aromatic heterocycles. The Labute approximate surface area is 74.2 Å². The van der Waals surface area contributed by atoms with E-state index in [1.807, 2.05) is 24.3 Å². The molecular weight excluding hydrogens is 208 g/mol. The first kappa shape index (κ1) is 7.71. The zero-order valence-electron chi connectivity index (χ0n) is 5.13. The molecule has 0 N–H and O–H groups in total. The summed E-state index contributed by atoms with van der Waals surface area (Å²) in [6, 6.07) is 7.78. The van der Waals surface area contributed by atoms with Crippen molar-refractivity contribution < 1.29 is 0 Å². The minimum absolute atomic E-state index is 0.970. The molecule has 0 aliphatic carbocycles. The average Bonchev–Trinajstić information content (AvgIpc) is 1.94. The topological polar surface area (TPSA) is 0 Å². The van der Waals surface area contributed by atoms with Gasteiger partial charge in [0.15, 0.2) is 0 Å². The van der Waals surface area contributed by atoms with Crippen LogP contribution in [-0.2, 0) is 0 Å². The van der Waals surface area contributed by atoms with Gasteiger partial charge in [0.1, 0.15) is 0 Å². The molecule has 0 atom stereocenters. The van der Waals surface area contributed by atoms with Gasteiger partial charge in [-0.05, 0) is 33.3 Å². The molecule has 0 bridgehead atoms. The summed E-state index contributed by atoms with van der Waals surface area (Å²) in [5.74, 6) is 2.84. The summed E-state index contributed by atoms with van der Waals surface area (Å²) in [5, 5.41) is 2.54. The average molecular weight is 213 g/mol. The smallest absolute Gasteiger partial charge is 0.0396 e. The van der Waals surface area contributed by atoms with E-state index >= 15 is 0 Å². The molecule has 1 rings (SSSR count). The van der Waals surface area contributed by atoms with Crippen molar-refractivity contribution in [3.05, 3.63) is 34.3 Å². The lowest BCUT2D eigenvalue weighted by molar-refractivity contribution is 1.59. The molecule has 0 heterocycles. The largest absolute Gasteiger partial charge is 0.0918 e. The van der Waals surface area contributed by atoms with E-state index in [0.29, 0.717) is 0 Å². The Hall–Kier alpha value is -0.390. The maximum Gasteiger partial charge on any atom is 0.0396 e. The van der Waals surface area contributed by atoms with Crippen molar-refractivity contribution in [3.8, 4) is 11.2 Å². The second kappa shape index (κ2) is 3.70. The third-order valence-electron chi connectivity index (χ3n) is 1.06. The van der Waals surface area contributed by atoms with Gasteiger partial charge in [0.2, 0.25) is 0 Å². The Morgan fingerprint density at radius 2 is 2.00 bits per heavy atom. The molecule has 0 saturated heterocycles. The third-order valence-corrected chi connectivity index (χ3v) is 1.87. The molecular formula is C8H5BrS. The molecule has 50 valence electrons. The molecule has 1 aromatic rings. The predicted octanol–water partition coefficient (Wildman–Crippen LogP) is 2.69. The molecule has 0 amide bonds. The van der Waals surface area contributed by atoms with Crippen LogP contribution >= 0.6 is 28.6 Å². The Balaban J connectivity index is 3.11. The van der Waals surface area contributed by atoms with Gasteiger partial charge in [-0.15, -0.1) is 0 Å². The highest BCUT2D eigenvalue weighted by molar-refractivity contribution is 9.10. The van der Waals surface area contributed by atoms with E-state index in [2.05, 4.69) is 39.7 Å². The number of benzene rings is 1. The predicted molar refractivity (Wildman–Crippen MR) is 50.0 cm³/mol. The van der Waals surface area contributed by atoms with Crippen LogP contribution in [0.4, 0.5) is 0 Å². The van der Waals surface area contributed by atoms with E-state index in [0.717, 1.165) is 10.0 Å². The van der Waals surface area contributed by atoms with Crippen LogP contribution in [0.25, 0.3) is 0 Å². The first-order chi connectivity index (χ1) is 4.84. The summed E-state index contributed by atoms with van der Waals surface area (Å²) in [6.07, 6.45) is 0. The van der Waals surface area contributed by atoms with Crippen molar-refractivity contribution in [2.75, 3.05) is 0 Å². The van der Waals surface area contributed by atoms with Crippen molar-refractivity contribution in [1.82, 2.24) is 0 Å². The Morgan fingerprint density at radius 1 is 1.30 bits per heavy atom. The Morgan fingerprint density at radius 3 is 2.60 bits per heavy atom. The van der Waals surface area contributed by atoms with Crippen LogP contribution < -0.4 is 0 Å². The highest BCUT2D eigenvalue weighted by atomic mass is 79.9. The fraction of sp³-hybridized carbons (Fsp3) is 0. The normalized spacial score (nSPS) is 8.20. The fourth-order valence-corrected chi connectivity index (χ4v) is 1.13. The zero-order chi connectivity index (χ0) is 7.40. The maximum absolute atomic E-state index is 3.80. The second-order valence-electron chi connectivity index (χ2n) is 1.72. The highest BCUT2D eigenvalue weighted by Gasteiger charge is 1.90. The van der Waals surface area contributed by atoms with Gasteiger partial charge in [0.05, 0.1) is 0 Å². The van der Waals surface area contributed by atoms with Gasteiger partial charge in [-0.25, -0.2) is 0 Å². The maximum atomic E-state index is 3.80. The lowest BCUT2D eigenvalue weighted by Crippen LogP contribution is -1.73. The number of rotatable bonds is 0. The van der Waals surface area contributed by atoms with Crippen LogP contribution in [0.15, 0.2) is 28.7 Å². The Kier molecular flexibility index (Phi) is 2.85. The molecule has 10 heavy (non-hydrogen) atoms. The molecule has 0 aliphatic rings. The minimum Gasteiger partial charge on any atom is -0.0918 e. The van der Waals surface area contributed by atoms with Gasteiger partial charge in [-0.1, -0.05) is 30.7 Å². The van der Waals surface area contributed by atoms with E-state index < -0.39 is 0 Å². The highest BCUT2D eigenvalue weighted by Crippen LogP contribution is 2.13. The van der Waals surface area contributed by atoms with Gasteiger partial charge in [-0.2, -0.15) is 0 Å². The summed E-state index contributed by atoms with van der Waals surface area (Å²) in [5.41, 5.74) is 0.970. The lowest BCUT2D eigenvalue weighted by atomic mass is 10.2. The van der Waals surface area contributed by atoms with Crippen molar-refractivity contribution in [3.63, 3.8) is 0 Å². The summed E-state index contributed by atoms with van der Waals surface area (Å²) in [6.45, 7) is 0. The van der Waals surface area contributed by atoms with Gasteiger partial charge in [-0.3, -0.25) is 0 Å². The van der Waals surface area contributed by atoms with Crippen molar-refractivity contribution >= 4 is 28.6 Å². The van der Waals surface area contributed by atoms with Crippen molar-refractivity contribution in [2.24, 2.45) is 0 Å². The molecule has 0 fully saturated rings. The number of hydrogen-bond donors (Lipinski definition) is 1. The van der Waals surface area contributed by atoms with Gasteiger partial charge in [0.25, 0.3) is 0 Å². The fourth-order valence-electron chi connectivity index (χ4n) is 0.623. The summed E-state index contributed by atoms with van der Waals surface area (Å²) < 4.78 is 1.01. The van der Waals surface area contributed by atoms with Crippen LogP contribution in [0.5, 0.6) is 0 Å². The van der Waals surface area contributed by atoms with Crippen LogP contribution in [0.1, 0.15) is 5.56 Å². The van der Waals surface area contributed by atoms with E-state index in [4.69, 9.17) is 0 Å². The van der Waals surface area contributed by atoms with Gasteiger partial charge < -0.3 is 0 Å². The minimum atomic E-state index is 0.970. The molecule has 0 radical (unpaired) electrons. The molecule has 1 aromatic carbocycles. The first-order valence-electron chi connectivity index (χ1n) is 2.74. The zero-order valence-corrected chi connectivity index (χ0v) is 7.62.